The van der Waals surface area contributed by atoms with Crippen LogP contribution < -0.4 is 15.8 Å². The van der Waals surface area contributed by atoms with Crippen LogP contribution in [-0.2, 0) is 11.3 Å². The lowest BCUT2D eigenvalue weighted by Gasteiger charge is -2.25. The third-order valence-corrected chi connectivity index (χ3v) is 4.82. The first-order valence-electron chi connectivity index (χ1n) is 7.57. The molecule has 0 radical (unpaired) electrons. The van der Waals surface area contributed by atoms with Crippen molar-refractivity contribution >= 4 is 17.2 Å². The molecule has 3 N–H and O–H groups in total. The maximum absolute atomic E-state index is 12.1. The average Bonchev–Trinajstić information content (AvgIpc) is 3.00. The van der Waals surface area contributed by atoms with Gasteiger partial charge in [-0.3, -0.25) is 4.79 Å². The molecular weight excluding hydrogens is 308 g/mol. The number of carbonyl (C=O) groups is 1. The maximum Gasteiger partial charge on any atom is 0.237 e. The van der Waals surface area contributed by atoms with Crippen molar-refractivity contribution in [2.24, 2.45) is 11.1 Å². The van der Waals surface area contributed by atoms with E-state index < -0.39 is 6.04 Å². The van der Waals surface area contributed by atoms with Gasteiger partial charge in [-0.05, 0) is 47.4 Å². The van der Waals surface area contributed by atoms with Gasteiger partial charge in [0, 0.05) is 9.75 Å². The SMILES string of the molecule is COc1ccc(-c2ccc(CNC(=O)[C@@H](N)C(C)(C)C)s2)cc1. The van der Waals surface area contributed by atoms with E-state index >= 15 is 0 Å². The second kappa shape index (κ2) is 7.15. The van der Waals surface area contributed by atoms with Crippen molar-refractivity contribution in [3.63, 3.8) is 0 Å². The highest BCUT2D eigenvalue weighted by atomic mass is 32.1. The number of carbonyl (C=O) groups excluding carboxylic acids is 1. The van der Waals surface area contributed by atoms with Crippen LogP contribution in [0.1, 0.15) is 25.6 Å². The van der Waals surface area contributed by atoms with Crippen LogP contribution in [0.5, 0.6) is 5.75 Å². The number of hydrogen-bond acceptors (Lipinski definition) is 4. The van der Waals surface area contributed by atoms with E-state index in [0.29, 0.717) is 6.54 Å². The van der Waals surface area contributed by atoms with Crippen molar-refractivity contribution in [3.05, 3.63) is 41.3 Å². The summed E-state index contributed by atoms with van der Waals surface area (Å²) in [6.07, 6.45) is 0. The zero-order valence-electron chi connectivity index (χ0n) is 14.1. The van der Waals surface area contributed by atoms with Crippen molar-refractivity contribution in [2.75, 3.05) is 7.11 Å². The molecule has 0 aliphatic rings. The number of ether oxygens (including phenoxy) is 1. The first-order chi connectivity index (χ1) is 10.8. The summed E-state index contributed by atoms with van der Waals surface area (Å²) in [6.45, 7) is 6.39. The highest BCUT2D eigenvalue weighted by molar-refractivity contribution is 7.15. The lowest BCUT2D eigenvalue weighted by atomic mass is 9.87. The molecule has 0 saturated heterocycles. The third-order valence-electron chi connectivity index (χ3n) is 3.69. The summed E-state index contributed by atoms with van der Waals surface area (Å²) in [5.74, 6) is 0.728. The molecule has 1 atom stereocenters. The Morgan fingerprint density at radius 2 is 1.87 bits per heavy atom. The van der Waals surface area contributed by atoms with Crippen molar-refractivity contribution in [1.82, 2.24) is 5.32 Å². The first kappa shape index (κ1) is 17.5. The van der Waals surface area contributed by atoms with E-state index in [9.17, 15) is 4.79 Å². The van der Waals surface area contributed by atoms with E-state index in [-0.39, 0.29) is 11.3 Å². The van der Waals surface area contributed by atoms with Gasteiger partial charge in [-0.25, -0.2) is 0 Å². The summed E-state index contributed by atoms with van der Waals surface area (Å²) in [5, 5.41) is 2.91. The number of benzene rings is 1. The van der Waals surface area contributed by atoms with Gasteiger partial charge in [0.25, 0.3) is 0 Å². The number of nitrogens with one attached hydrogen (secondary N) is 1. The number of amides is 1. The van der Waals surface area contributed by atoms with E-state index in [2.05, 4.69) is 11.4 Å². The number of thiophene rings is 1. The Kier molecular flexibility index (Phi) is 5.44. The van der Waals surface area contributed by atoms with Crippen molar-refractivity contribution in [3.8, 4) is 16.2 Å². The Morgan fingerprint density at radius 1 is 1.22 bits per heavy atom. The van der Waals surface area contributed by atoms with Gasteiger partial charge in [0.1, 0.15) is 5.75 Å². The molecule has 0 bridgehead atoms. The lowest BCUT2D eigenvalue weighted by molar-refractivity contribution is -0.124. The topological polar surface area (TPSA) is 64.3 Å². The highest BCUT2D eigenvalue weighted by Crippen LogP contribution is 2.29. The second-order valence-corrected chi connectivity index (χ2v) is 7.72. The molecule has 1 amide bonds. The van der Waals surface area contributed by atoms with Crippen LogP contribution in [0.2, 0.25) is 0 Å². The fourth-order valence-corrected chi connectivity index (χ4v) is 3.01. The molecule has 0 unspecified atom stereocenters. The average molecular weight is 332 g/mol. The van der Waals surface area contributed by atoms with Crippen LogP contribution in [0, 0.1) is 5.41 Å². The fraction of sp³-hybridized carbons (Fsp3) is 0.389. The van der Waals surface area contributed by atoms with E-state index in [1.54, 1.807) is 18.4 Å². The quantitative estimate of drug-likeness (QED) is 0.882. The zero-order valence-corrected chi connectivity index (χ0v) is 14.9. The molecule has 4 nitrogen and oxygen atoms in total. The van der Waals surface area contributed by atoms with E-state index in [4.69, 9.17) is 10.5 Å². The zero-order chi connectivity index (χ0) is 17.0. The maximum atomic E-state index is 12.1. The molecule has 0 fully saturated rings. The molecule has 0 aliphatic carbocycles. The normalized spacial score (nSPS) is 12.7. The van der Waals surface area contributed by atoms with Crippen LogP contribution in [0.3, 0.4) is 0 Å². The minimum Gasteiger partial charge on any atom is -0.497 e. The molecule has 1 aromatic heterocycles. The van der Waals surface area contributed by atoms with Crippen molar-refractivity contribution in [1.29, 1.82) is 0 Å². The Labute approximate surface area is 141 Å². The van der Waals surface area contributed by atoms with E-state index in [1.165, 1.54) is 0 Å². The molecule has 1 heterocycles. The molecule has 124 valence electrons. The number of methoxy groups -OCH3 is 1. The monoisotopic (exact) mass is 332 g/mol. The highest BCUT2D eigenvalue weighted by Gasteiger charge is 2.27. The summed E-state index contributed by atoms with van der Waals surface area (Å²) in [6, 6.07) is 11.5. The van der Waals surface area contributed by atoms with Crippen LogP contribution in [0.4, 0.5) is 0 Å². The Bertz CT molecular complexity index is 656. The number of hydrogen-bond donors (Lipinski definition) is 2. The van der Waals surface area contributed by atoms with Gasteiger partial charge in [0.15, 0.2) is 0 Å². The Hall–Kier alpha value is -1.85. The first-order valence-corrected chi connectivity index (χ1v) is 8.39. The van der Waals surface area contributed by atoms with Gasteiger partial charge in [-0.1, -0.05) is 20.8 Å². The third kappa shape index (κ3) is 4.56. The predicted molar refractivity (Wildman–Crippen MR) is 95.6 cm³/mol. The van der Waals surface area contributed by atoms with Gasteiger partial charge in [0.05, 0.1) is 19.7 Å². The fourth-order valence-electron chi connectivity index (χ4n) is 2.06. The molecule has 5 heteroatoms. The summed E-state index contributed by atoms with van der Waals surface area (Å²) in [4.78, 5) is 14.3. The van der Waals surface area contributed by atoms with Crippen LogP contribution in [0.15, 0.2) is 36.4 Å². The summed E-state index contributed by atoms with van der Waals surface area (Å²) in [5.41, 5.74) is 6.86. The van der Waals surface area contributed by atoms with Gasteiger partial charge >= 0.3 is 0 Å². The number of rotatable bonds is 5. The Morgan fingerprint density at radius 3 is 2.43 bits per heavy atom. The predicted octanol–water partition coefficient (Wildman–Crippen LogP) is 3.41. The largest absolute Gasteiger partial charge is 0.497 e. The molecule has 2 rings (SSSR count). The number of nitrogens with two attached hydrogens (primary N) is 1. The van der Waals surface area contributed by atoms with Gasteiger partial charge in [-0.15, -0.1) is 11.3 Å². The molecule has 23 heavy (non-hydrogen) atoms. The van der Waals surface area contributed by atoms with Crippen LogP contribution >= 0.6 is 11.3 Å². The van der Waals surface area contributed by atoms with E-state index in [0.717, 1.165) is 21.1 Å². The molecule has 0 aliphatic heterocycles. The van der Waals surface area contributed by atoms with Crippen LogP contribution in [0.25, 0.3) is 10.4 Å². The molecular formula is C18H24N2O2S. The molecule has 0 spiro atoms. The molecule has 2 aromatic rings. The van der Waals surface area contributed by atoms with Crippen molar-refractivity contribution < 1.29 is 9.53 Å². The summed E-state index contributed by atoms with van der Waals surface area (Å²) >= 11 is 1.66. The second-order valence-electron chi connectivity index (χ2n) is 6.56. The lowest BCUT2D eigenvalue weighted by Crippen LogP contribution is -2.48. The van der Waals surface area contributed by atoms with Gasteiger partial charge in [-0.2, -0.15) is 0 Å². The minimum atomic E-state index is -0.511. The molecule has 0 saturated carbocycles. The van der Waals surface area contributed by atoms with Gasteiger partial charge in [0.2, 0.25) is 5.91 Å². The smallest absolute Gasteiger partial charge is 0.237 e. The van der Waals surface area contributed by atoms with Crippen LogP contribution in [-0.4, -0.2) is 19.1 Å². The molecule has 1 aromatic carbocycles. The summed E-state index contributed by atoms with van der Waals surface area (Å²) in [7, 11) is 1.66. The van der Waals surface area contributed by atoms with Crippen molar-refractivity contribution in [2.45, 2.75) is 33.4 Å². The standard InChI is InChI=1S/C18H24N2O2S/c1-18(2,3)16(19)17(21)20-11-14-9-10-15(23-14)12-5-7-13(22-4)8-6-12/h5-10,16H,11,19H2,1-4H3,(H,20,21)/t16-/m1/s1. The van der Waals surface area contributed by atoms with Gasteiger partial charge < -0.3 is 15.8 Å². The minimum absolute atomic E-state index is 0.114. The Balaban J connectivity index is 1.98. The summed E-state index contributed by atoms with van der Waals surface area (Å²) < 4.78 is 5.17. The van der Waals surface area contributed by atoms with E-state index in [1.807, 2.05) is 51.1 Å².